The van der Waals surface area contributed by atoms with Crippen molar-refractivity contribution in [3.05, 3.63) is 0 Å². The molecule has 0 bridgehead atoms. The van der Waals surface area contributed by atoms with Crippen LogP contribution in [0.5, 0.6) is 0 Å². The molecule has 0 N–H and O–H groups in total. The summed E-state index contributed by atoms with van der Waals surface area (Å²) in [5.74, 6) is 0. The maximum atomic E-state index is 2.70. The summed E-state index contributed by atoms with van der Waals surface area (Å²) in [6.45, 7) is 13.5. The molecular formula is C15H30N2. The Morgan fingerprint density at radius 2 is 1.76 bits per heavy atom. The van der Waals surface area contributed by atoms with Crippen LogP contribution in [0.15, 0.2) is 0 Å². The van der Waals surface area contributed by atoms with E-state index in [0.717, 1.165) is 0 Å². The summed E-state index contributed by atoms with van der Waals surface area (Å²) in [7, 11) is 2.29. The van der Waals surface area contributed by atoms with E-state index in [1.807, 2.05) is 0 Å². The Morgan fingerprint density at radius 1 is 1.06 bits per heavy atom. The number of rotatable bonds is 1. The smallest absolute Gasteiger partial charge is 0.0161 e. The van der Waals surface area contributed by atoms with E-state index in [1.165, 1.54) is 45.3 Å². The molecule has 0 saturated carbocycles. The lowest BCUT2D eigenvalue weighted by atomic mass is 9.66. The Balaban J connectivity index is 2.10. The van der Waals surface area contributed by atoms with Gasteiger partial charge in [-0.15, -0.1) is 0 Å². The Labute approximate surface area is 107 Å². The Hall–Kier alpha value is -0.0800. The molecule has 0 radical (unpaired) electrons. The van der Waals surface area contributed by atoms with E-state index in [0.29, 0.717) is 17.0 Å². The van der Waals surface area contributed by atoms with Gasteiger partial charge in [0.15, 0.2) is 0 Å². The summed E-state index contributed by atoms with van der Waals surface area (Å²) in [5, 5.41) is 0. The van der Waals surface area contributed by atoms with Gasteiger partial charge in [0.1, 0.15) is 0 Å². The van der Waals surface area contributed by atoms with E-state index in [-0.39, 0.29) is 0 Å². The Bertz CT molecular complexity index is 272. The second kappa shape index (κ2) is 4.55. The van der Waals surface area contributed by atoms with Crippen LogP contribution in [0.4, 0.5) is 0 Å². The molecule has 2 nitrogen and oxygen atoms in total. The SMILES string of the molecule is CC(C)N1CCC2(CCCN(C)C2)CC1(C)C. The highest BCUT2D eigenvalue weighted by Gasteiger charge is 2.45. The highest BCUT2D eigenvalue weighted by atomic mass is 15.2. The number of likely N-dealkylation sites (tertiary alicyclic amines) is 2. The molecule has 2 aliphatic heterocycles. The number of piperidine rings is 2. The van der Waals surface area contributed by atoms with Gasteiger partial charge in [0, 0.05) is 18.1 Å². The first-order valence-electron chi connectivity index (χ1n) is 7.30. The second-order valence-electron chi connectivity index (χ2n) is 7.37. The summed E-state index contributed by atoms with van der Waals surface area (Å²) in [4.78, 5) is 5.25. The summed E-state index contributed by atoms with van der Waals surface area (Å²) >= 11 is 0. The van der Waals surface area contributed by atoms with Crippen LogP contribution in [0, 0.1) is 5.41 Å². The van der Waals surface area contributed by atoms with Crippen LogP contribution >= 0.6 is 0 Å². The van der Waals surface area contributed by atoms with Crippen molar-refractivity contribution in [2.75, 3.05) is 26.7 Å². The van der Waals surface area contributed by atoms with Crippen molar-refractivity contribution in [3.8, 4) is 0 Å². The van der Waals surface area contributed by atoms with Gasteiger partial charge in [-0.1, -0.05) is 0 Å². The lowest BCUT2D eigenvalue weighted by Crippen LogP contribution is -2.59. The standard InChI is InChI=1S/C15H30N2/c1-13(2)17-10-8-15(11-14(17,3)4)7-6-9-16(5)12-15/h13H,6-12H2,1-5H3. The molecule has 2 saturated heterocycles. The lowest BCUT2D eigenvalue weighted by molar-refractivity contribution is -0.0507. The third-order valence-corrected chi connectivity index (χ3v) is 4.94. The molecule has 2 heterocycles. The van der Waals surface area contributed by atoms with E-state index < -0.39 is 0 Å². The van der Waals surface area contributed by atoms with Crippen LogP contribution in [0.2, 0.25) is 0 Å². The molecule has 2 aliphatic rings. The summed E-state index contributed by atoms with van der Waals surface area (Å²) < 4.78 is 0. The Kier molecular flexibility index (Phi) is 3.57. The summed E-state index contributed by atoms with van der Waals surface area (Å²) in [6.07, 6.45) is 5.63. The first-order valence-corrected chi connectivity index (χ1v) is 7.30. The van der Waals surface area contributed by atoms with Crippen molar-refractivity contribution in [3.63, 3.8) is 0 Å². The van der Waals surface area contributed by atoms with Gasteiger partial charge in [-0.05, 0) is 78.9 Å². The van der Waals surface area contributed by atoms with Gasteiger partial charge in [0.05, 0.1) is 0 Å². The predicted octanol–water partition coefficient (Wildman–Crippen LogP) is 2.98. The molecule has 0 aromatic carbocycles. The molecule has 2 rings (SSSR count). The van der Waals surface area contributed by atoms with Gasteiger partial charge >= 0.3 is 0 Å². The largest absolute Gasteiger partial charge is 0.306 e. The van der Waals surface area contributed by atoms with Gasteiger partial charge < -0.3 is 4.90 Å². The minimum atomic E-state index is 0.380. The first kappa shape index (κ1) is 13.4. The highest BCUT2D eigenvalue weighted by molar-refractivity contribution is 5.00. The van der Waals surface area contributed by atoms with Crippen molar-refractivity contribution in [1.82, 2.24) is 9.80 Å². The van der Waals surface area contributed by atoms with E-state index >= 15 is 0 Å². The van der Waals surface area contributed by atoms with Gasteiger partial charge in [-0.25, -0.2) is 0 Å². The number of nitrogens with zero attached hydrogens (tertiary/aromatic N) is 2. The van der Waals surface area contributed by atoms with Crippen LogP contribution in [0.3, 0.4) is 0 Å². The van der Waals surface area contributed by atoms with E-state index in [4.69, 9.17) is 0 Å². The molecule has 100 valence electrons. The zero-order valence-electron chi connectivity index (χ0n) is 12.4. The van der Waals surface area contributed by atoms with E-state index in [9.17, 15) is 0 Å². The molecule has 0 aliphatic carbocycles. The van der Waals surface area contributed by atoms with Crippen molar-refractivity contribution in [2.24, 2.45) is 5.41 Å². The third-order valence-electron chi connectivity index (χ3n) is 4.94. The fourth-order valence-corrected chi connectivity index (χ4v) is 4.53. The molecule has 0 aromatic rings. The molecule has 1 spiro atoms. The second-order valence-corrected chi connectivity index (χ2v) is 7.37. The van der Waals surface area contributed by atoms with E-state index in [1.54, 1.807) is 0 Å². The number of hydrogen-bond acceptors (Lipinski definition) is 2. The van der Waals surface area contributed by atoms with Crippen LogP contribution in [-0.4, -0.2) is 48.1 Å². The van der Waals surface area contributed by atoms with Crippen molar-refractivity contribution in [1.29, 1.82) is 0 Å². The molecular weight excluding hydrogens is 208 g/mol. The van der Waals surface area contributed by atoms with Gasteiger partial charge in [-0.2, -0.15) is 0 Å². The highest BCUT2D eigenvalue weighted by Crippen LogP contribution is 2.46. The Morgan fingerprint density at radius 3 is 2.29 bits per heavy atom. The molecule has 1 atom stereocenters. The number of hydrogen-bond donors (Lipinski definition) is 0. The average molecular weight is 238 g/mol. The minimum Gasteiger partial charge on any atom is -0.306 e. The topological polar surface area (TPSA) is 6.48 Å². The molecule has 2 fully saturated rings. The first-order chi connectivity index (χ1) is 7.85. The van der Waals surface area contributed by atoms with Crippen molar-refractivity contribution in [2.45, 2.75) is 65.0 Å². The lowest BCUT2D eigenvalue weighted by Gasteiger charge is -2.55. The van der Waals surface area contributed by atoms with Crippen LogP contribution in [-0.2, 0) is 0 Å². The zero-order valence-corrected chi connectivity index (χ0v) is 12.4. The quantitative estimate of drug-likeness (QED) is 0.693. The normalized spacial score (nSPS) is 35.6. The zero-order chi connectivity index (χ0) is 12.7. The molecule has 2 heteroatoms. The summed E-state index contributed by atoms with van der Waals surface area (Å²) in [5.41, 5.74) is 0.993. The fraction of sp³-hybridized carbons (Fsp3) is 1.00. The maximum Gasteiger partial charge on any atom is 0.0161 e. The average Bonchev–Trinajstić information content (AvgIpc) is 2.14. The monoisotopic (exact) mass is 238 g/mol. The maximum absolute atomic E-state index is 2.70. The molecule has 1 unspecified atom stereocenters. The third kappa shape index (κ3) is 2.68. The van der Waals surface area contributed by atoms with Crippen LogP contribution in [0.1, 0.15) is 53.4 Å². The summed E-state index contributed by atoms with van der Waals surface area (Å²) in [6, 6.07) is 0.684. The molecule has 0 aromatic heterocycles. The van der Waals surface area contributed by atoms with Crippen molar-refractivity contribution < 1.29 is 0 Å². The van der Waals surface area contributed by atoms with Crippen LogP contribution < -0.4 is 0 Å². The van der Waals surface area contributed by atoms with Gasteiger partial charge in [-0.3, -0.25) is 4.90 Å². The van der Waals surface area contributed by atoms with Gasteiger partial charge in [0.2, 0.25) is 0 Å². The fourth-order valence-electron chi connectivity index (χ4n) is 4.53. The molecule has 0 amide bonds. The molecule has 17 heavy (non-hydrogen) atoms. The predicted molar refractivity (Wildman–Crippen MR) is 74.3 cm³/mol. The van der Waals surface area contributed by atoms with Crippen molar-refractivity contribution >= 4 is 0 Å². The minimum absolute atomic E-state index is 0.380. The van der Waals surface area contributed by atoms with Gasteiger partial charge in [0.25, 0.3) is 0 Å². The van der Waals surface area contributed by atoms with E-state index in [2.05, 4.69) is 44.5 Å². The van der Waals surface area contributed by atoms with Crippen LogP contribution in [0.25, 0.3) is 0 Å².